The largest absolute Gasteiger partial charge is 0.464 e. The molecule has 0 aliphatic carbocycles. The van der Waals surface area contributed by atoms with E-state index in [-0.39, 0.29) is 0 Å². The Kier molecular flexibility index (Phi) is 2.86. The van der Waals surface area contributed by atoms with Crippen molar-refractivity contribution in [3.63, 3.8) is 0 Å². The van der Waals surface area contributed by atoms with E-state index in [0.717, 1.165) is 41.1 Å². The fourth-order valence-electron chi connectivity index (χ4n) is 1.95. The van der Waals surface area contributed by atoms with Crippen molar-refractivity contribution in [3.05, 3.63) is 42.6 Å². The van der Waals surface area contributed by atoms with Crippen molar-refractivity contribution in [1.29, 1.82) is 0 Å². The second kappa shape index (κ2) is 4.66. The summed E-state index contributed by atoms with van der Waals surface area (Å²) in [5.41, 5.74) is 1.81. The Morgan fingerprint density at radius 2 is 2.17 bits per heavy atom. The highest BCUT2D eigenvalue weighted by Crippen LogP contribution is 2.30. The second-order valence-electron chi connectivity index (χ2n) is 4.12. The van der Waals surface area contributed by atoms with Gasteiger partial charge in [0, 0.05) is 18.4 Å². The third-order valence-electron chi connectivity index (χ3n) is 2.89. The van der Waals surface area contributed by atoms with Gasteiger partial charge >= 0.3 is 0 Å². The van der Waals surface area contributed by atoms with Crippen LogP contribution >= 0.6 is 0 Å². The topological polar surface area (TPSA) is 51.2 Å². The van der Waals surface area contributed by atoms with E-state index in [9.17, 15) is 0 Å². The zero-order valence-electron chi connectivity index (χ0n) is 10.1. The van der Waals surface area contributed by atoms with Crippen molar-refractivity contribution in [2.75, 3.05) is 13.6 Å². The van der Waals surface area contributed by atoms with Crippen molar-refractivity contribution in [3.8, 4) is 11.3 Å². The first kappa shape index (κ1) is 11.0. The molecule has 0 radical (unpaired) electrons. The number of nitrogens with one attached hydrogen (secondary N) is 1. The highest BCUT2D eigenvalue weighted by molar-refractivity contribution is 5.92. The molecule has 1 aromatic carbocycles. The third kappa shape index (κ3) is 1.91. The van der Waals surface area contributed by atoms with E-state index in [2.05, 4.69) is 10.3 Å². The molecule has 3 aromatic rings. The van der Waals surface area contributed by atoms with Gasteiger partial charge in [-0.25, -0.2) is 4.98 Å². The molecule has 0 saturated heterocycles. The average Bonchev–Trinajstić information content (AvgIpc) is 3.02. The molecule has 0 bridgehead atoms. The van der Waals surface area contributed by atoms with Crippen LogP contribution in [0, 0.1) is 0 Å². The zero-order valence-corrected chi connectivity index (χ0v) is 10.1. The van der Waals surface area contributed by atoms with Gasteiger partial charge in [-0.05, 0) is 13.1 Å². The predicted molar refractivity (Wildman–Crippen MR) is 69.3 cm³/mol. The summed E-state index contributed by atoms with van der Waals surface area (Å²) in [6.07, 6.45) is 4.25. The number of hydrogen-bond donors (Lipinski definition) is 1. The van der Waals surface area contributed by atoms with E-state index in [1.54, 1.807) is 12.5 Å². The third-order valence-corrected chi connectivity index (χ3v) is 2.89. The Hall–Kier alpha value is -2.07. The molecule has 0 saturated carbocycles. The molecule has 0 aliphatic heterocycles. The summed E-state index contributed by atoms with van der Waals surface area (Å²) in [7, 11) is 1.91. The molecule has 2 aromatic heterocycles. The van der Waals surface area contributed by atoms with Crippen LogP contribution in [-0.4, -0.2) is 18.6 Å². The van der Waals surface area contributed by atoms with E-state index >= 15 is 0 Å². The Balaban J connectivity index is 1.96. The minimum atomic E-state index is 0.740. The summed E-state index contributed by atoms with van der Waals surface area (Å²) in [5, 5.41) is 4.12. The van der Waals surface area contributed by atoms with Crippen molar-refractivity contribution in [2.24, 2.45) is 0 Å². The van der Waals surface area contributed by atoms with Crippen molar-refractivity contribution < 1.29 is 8.83 Å². The van der Waals surface area contributed by atoms with Gasteiger partial charge < -0.3 is 14.2 Å². The molecule has 0 spiro atoms. The van der Waals surface area contributed by atoms with Gasteiger partial charge in [-0.2, -0.15) is 0 Å². The lowest BCUT2D eigenvalue weighted by Crippen LogP contribution is -2.10. The number of aromatic nitrogens is 1. The van der Waals surface area contributed by atoms with Crippen LogP contribution in [0.2, 0.25) is 0 Å². The Bertz CT molecular complexity index is 654. The van der Waals surface area contributed by atoms with E-state index < -0.39 is 0 Å². The first-order chi connectivity index (χ1) is 8.88. The van der Waals surface area contributed by atoms with Crippen LogP contribution in [0.3, 0.4) is 0 Å². The molecular formula is C14H14N2O2. The Morgan fingerprint density at radius 3 is 3.06 bits per heavy atom. The average molecular weight is 242 g/mol. The monoisotopic (exact) mass is 242 g/mol. The molecule has 18 heavy (non-hydrogen) atoms. The smallest absolute Gasteiger partial charge is 0.196 e. The molecule has 0 amide bonds. The number of benzene rings is 1. The van der Waals surface area contributed by atoms with Crippen LogP contribution in [-0.2, 0) is 6.42 Å². The van der Waals surface area contributed by atoms with Crippen LogP contribution in [0.25, 0.3) is 22.3 Å². The number of hydrogen-bond acceptors (Lipinski definition) is 4. The highest BCUT2D eigenvalue weighted by Gasteiger charge is 2.12. The van der Waals surface area contributed by atoms with Gasteiger partial charge in [0.25, 0.3) is 0 Å². The first-order valence-electron chi connectivity index (χ1n) is 5.94. The number of rotatable bonds is 4. The molecule has 0 atom stereocenters. The summed E-state index contributed by atoms with van der Waals surface area (Å²) >= 11 is 0. The number of likely N-dealkylation sites (N-methyl/N-ethyl adjacent to an activating group) is 1. The van der Waals surface area contributed by atoms with Gasteiger partial charge in [0.1, 0.15) is 11.8 Å². The maximum Gasteiger partial charge on any atom is 0.196 e. The van der Waals surface area contributed by atoms with Crippen molar-refractivity contribution >= 4 is 11.0 Å². The van der Waals surface area contributed by atoms with Crippen LogP contribution in [0.5, 0.6) is 0 Å². The summed E-state index contributed by atoms with van der Waals surface area (Å²) in [6.45, 7) is 0.853. The molecule has 3 rings (SSSR count). The minimum absolute atomic E-state index is 0.740. The molecule has 4 heteroatoms. The zero-order chi connectivity index (χ0) is 12.4. The van der Waals surface area contributed by atoms with E-state index in [0.29, 0.717) is 0 Å². The summed E-state index contributed by atoms with van der Waals surface area (Å²) < 4.78 is 11.2. The summed E-state index contributed by atoms with van der Waals surface area (Å²) in [6, 6.07) is 7.90. The number of nitrogens with zero attached hydrogens (tertiary/aromatic N) is 1. The van der Waals surface area contributed by atoms with Gasteiger partial charge in [0.05, 0.1) is 11.8 Å². The van der Waals surface area contributed by atoms with Crippen LogP contribution in [0.4, 0.5) is 0 Å². The van der Waals surface area contributed by atoms with E-state index in [4.69, 9.17) is 8.83 Å². The van der Waals surface area contributed by atoms with Gasteiger partial charge in [-0.1, -0.05) is 18.2 Å². The lowest BCUT2D eigenvalue weighted by molar-refractivity contribution is 0.500. The fraction of sp³-hybridized carbons (Fsp3) is 0.214. The highest BCUT2D eigenvalue weighted by atomic mass is 16.4. The lowest BCUT2D eigenvalue weighted by Gasteiger charge is -1.94. The van der Waals surface area contributed by atoms with Gasteiger partial charge in [0.15, 0.2) is 11.7 Å². The van der Waals surface area contributed by atoms with Gasteiger partial charge in [-0.3, -0.25) is 0 Å². The lowest BCUT2D eigenvalue weighted by atomic mass is 10.1. The number of oxazole rings is 1. The van der Waals surface area contributed by atoms with Crippen LogP contribution in [0.1, 0.15) is 5.89 Å². The van der Waals surface area contributed by atoms with Crippen molar-refractivity contribution in [2.45, 2.75) is 6.42 Å². The Morgan fingerprint density at radius 1 is 1.28 bits per heavy atom. The van der Waals surface area contributed by atoms with E-state index in [1.807, 2.05) is 31.3 Å². The fourth-order valence-corrected chi connectivity index (χ4v) is 1.95. The quantitative estimate of drug-likeness (QED) is 0.764. The number of furan rings is 1. The van der Waals surface area contributed by atoms with Gasteiger partial charge in [0.2, 0.25) is 0 Å². The summed E-state index contributed by atoms with van der Waals surface area (Å²) in [4.78, 5) is 4.27. The maximum absolute atomic E-state index is 5.73. The maximum atomic E-state index is 5.73. The predicted octanol–water partition coefficient (Wildman–Crippen LogP) is 2.85. The molecule has 0 fully saturated rings. The molecule has 2 heterocycles. The first-order valence-corrected chi connectivity index (χ1v) is 5.94. The molecule has 1 N–H and O–H groups in total. The normalized spacial score (nSPS) is 11.2. The Labute approximate surface area is 105 Å². The second-order valence-corrected chi connectivity index (χ2v) is 4.12. The number of fused-ring (bicyclic) bond motifs is 1. The molecule has 0 aliphatic rings. The summed E-state index contributed by atoms with van der Waals surface area (Å²) in [5.74, 6) is 1.50. The van der Waals surface area contributed by atoms with Crippen LogP contribution in [0.15, 0.2) is 45.6 Å². The van der Waals surface area contributed by atoms with Crippen molar-refractivity contribution in [1.82, 2.24) is 10.3 Å². The van der Waals surface area contributed by atoms with Gasteiger partial charge in [-0.15, -0.1) is 0 Å². The molecular weight excluding hydrogens is 228 g/mol. The molecule has 4 nitrogen and oxygen atoms in total. The standard InChI is InChI=1S/C14H14N2O2/c1-15-7-6-14-16-8-13(18-14)11-9-17-12-5-3-2-4-10(11)12/h2-5,8-9,15H,6-7H2,1H3. The number of para-hydroxylation sites is 1. The molecule has 0 unspecified atom stereocenters. The van der Waals surface area contributed by atoms with Crippen LogP contribution < -0.4 is 5.32 Å². The SMILES string of the molecule is CNCCc1ncc(-c2coc3ccccc23)o1. The minimum Gasteiger partial charge on any atom is -0.464 e. The molecule has 92 valence electrons. The van der Waals surface area contributed by atoms with E-state index in [1.165, 1.54) is 0 Å².